The number of rotatable bonds is 4. The van der Waals surface area contributed by atoms with Crippen LogP contribution in [0.4, 0.5) is 11.4 Å². The maximum absolute atomic E-state index is 12.9. The number of pyridine rings is 1. The summed E-state index contributed by atoms with van der Waals surface area (Å²) in [7, 11) is 1.69. The van der Waals surface area contributed by atoms with Crippen molar-refractivity contribution in [1.82, 2.24) is 9.88 Å². The second-order valence-electron chi connectivity index (χ2n) is 8.10. The van der Waals surface area contributed by atoms with E-state index in [4.69, 9.17) is 4.74 Å². The lowest BCUT2D eigenvalue weighted by Gasteiger charge is -2.37. The van der Waals surface area contributed by atoms with Crippen molar-refractivity contribution >= 4 is 17.3 Å². The van der Waals surface area contributed by atoms with E-state index in [1.54, 1.807) is 13.3 Å². The number of hydrogen-bond acceptors (Lipinski definition) is 5. The minimum Gasteiger partial charge on any atom is -0.497 e. The van der Waals surface area contributed by atoms with Crippen LogP contribution in [0, 0.1) is 5.92 Å². The van der Waals surface area contributed by atoms with Crippen LogP contribution in [-0.4, -0.2) is 62.2 Å². The van der Waals surface area contributed by atoms with E-state index in [-0.39, 0.29) is 5.91 Å². The first kappa shape index (κ1) is 19.6. The average Bonchev–Trinajstić information content (AvgIpc) is 2.79. The fourth-order valence-electron chi connectivity index (χ4n) is 4.29. The molecule has 2 saturated heterocycles. The van der Waals surface area contributed by atoms with Crippen molar-refractivity contribution in [1.29, 1.82) is 0 Å². The van der Waals surface area contributed by atoms with Crippen LogP contribution in [0.15, 0.2) is 42.7 Å². The monoisotopic (exact) mass is 394 g/mol. The smallest absolute Gasteiger partial charge is 0.255 e. The van der Waals surface area contributed by atoms with Crippen molar-refractivity contribution in [3.8, 4) is 5.75 Å². The molecule has 1 atom stereocenters. The van der Waals surface area contributed by atoms with Gasteiger partial charge in [-0.25, -0.2) is 0 Å². The number of anilines is 2. The number of carbonyl (C=O) groups is 1. The van der Waals surface area contributed by atoms with Crippen molar-refractivity contribution in [3.05, 3.63) is 48.3 Å². The molecule has 6 nitrogen and oxygen atoms in total. The summed E-state index contributed by atoms with van der Waals surface area (Å²) < 4.78 is 5.25. The Kier molecular flexibility index (Phi) is 5.88. The van der Waals surface area contributed by atoms with E-state index in [1.807, 2.05) is 29.3 Å². The lowest BCUT2D eigenvalue weighted by Crippen LogP contribution is -2.46. The SMILES string of the molecule is COc1ccc(N2CCN(c3cncc(C(=O)N4CCCC(C)C4)c3)CC2)cc1. The van der Waals surface area contributed by atoms with Crippen LogP contribution in [0.1, 0.15) is 30.1 Å². The third-order valence-corrected chi connectivity index (χ3v) is 6.00. The predicted molar refractivity (Wildman–Crippen MR) is 116 cm³/mol. The Morgan fingerprint density at radius 2 is 1.69 bits per heavy atom. The zero-order valence-corrected chi connectivity index (χ0v) is 17.4. The third kappa shape index (κ3) is 4.47. The summed E-state index contributed by atoms with van der Waals surface area (Å²) in [5.41, 5.74) is 2.95. The molecule has 0 aliphatic carbocycles. The normalized spacial score (nSPS) is 19.9. The number of piperidine rings is 1. The molecule has 1 unspecified atom stereocenters. The molecule has 1 amide bonds. The van der Waals surface area contributed by atoms with E-state index in [9.17, 15) is 4.79 Å². The summed E-state index contributed by atoms with van der Waals surface area (Å²) in [6, 6.07) is 10.2. The van der Waals surface area contributed by atoms with E-state index < -0.39 is 0 Å². The lowest BCUT2D eigenvalue weighted by molar-refractivity contribution is 0.0682. The van der Waals surface area contributed by atoms with Gasteiger partial charge in [-0.1, -0.05) is 6.92 Å². The molecule has 0 N–H and O–H groups in total. The summed E-state index contributed by atoms with van der Waals surface area (Å²) in [5.74, 6) is 1.57. The molecule has 2 aliphatic rings. The van der Waals surface area contributed by atoms with Crippen molar-refractivity contribution in [2.45, 2.75) is 19.8 Å². The number of amides is 1. The van der Waals surface area contributed by atoms with Crippen molar-refractivity contribution in [2.75, 3.05) is 56.2 Å². The van der Waals surface area contributed by atoms with Crippen LogP contribution in [-0.2, 0) is 0 Å². The van der Waals surface area contributed by atoms with Gasteiger partial charge in [0.1, 0.15) is 5.75 Å². The summed E-state index contributed by atoms with van der Waals surface area (Å²) >= 11 is 0. The van der Waals surface area contributed by atoms with Gasteiger partial charge in [0.15, 0.2) is 0 Å². The molecular formula is C23H30N4O2. The quantitative estimate of drug-likeness (QED) is 0.796. The zero-order valence-electron chi connectivity index (χ0n) is 17.4. The molecular weight excluding hydrogens is 364 g/mol. The zero-order chi connectivity index (χ0) is 20.2. The van der Waals surface area contributed by atoms with Crippen LogP contribution in [0.2, 0.25) is 0 Å². The maximum atomic E-state index is 12.9. The molecule has 0 radical (unpaired) electrons. The molecule has 0 bridgehead atoms. The molecule has 3 heterocycles. The van der Waals surface area contributed by atoms with Crippen LogP contribution in [0.5, 0.6) is 5.75 Å². The van der Waals surface area contributed by atoms with E-state index in [0.717, 1.165) is 57.1 Å². The standard InChI is InChI=1S/C23H30N4O2/c1-18-4-3-9-27(17-18)23(28)19-14-21(16-24-15-19)26-12-10-25(11-13-26)20-5-7-22(29-2)8-6-20/h5-8,14-16,18H,3-4,9-13,17H2,1-2H3. The predicted octanol–water partition coefficient (Wildman–Crippen LogP) is 3.29. The van der Waals surface area contributed by atoms with E-state index in [2.05, 4.69) is 33.8 Å². The highest BCUT2D eigenvalue weighted by molar-refractivity contribution is 5.94. The number of nitrogens with zero attached hydrogens (tertiary/aromatic N) is 4. The van der Waals surface area contributed by atoms with Crippen molar-refractivity contribution < 1.29 is 9.53 Å². The highest BCUT2D eigenvalue weighted by Crippen LogP contribution is 2.24. The summed E-state index contributed by atoms with van der Waals surface area (Å²) in [6.07, 6.45) is 5.88. The number of piperazine rings is 1. The highest BCUT2D eigenvalue weighted by Gasteiger charge is 2.24. The van der Waals surface area contributed by atoms with Gasteiger partial charge in [0.05, 0.1) is 24.6 Å². The Morgan fingerprint density at radius 1 is 1.00 bits per heavy atom. The Hall–Kier alpha value is -2.76. The fourth-order valence-corrected chi connectivity index (χ4v) is 4.29. The first-order chi connectivity index (χ1) is 14.1. The summed E-state index contributed by atoms with van der Waals surface area (Å²) in [5, 5.41) is 0. The van der Waals surface area contributed by atoms with Crippen LogP contribution < -0.4 is 14.5 Å². The van der Waals surface area contributed by atoms with Gasteiger partial charge < -0.3 is 19.4 Å². The average molecular weight is 395 g/mol. The van der Waals surface area contributed by atoms with Gasteiger partial charge in [-0.15, -0.1) is 0 Å². The number of aromatic nitrogens is 1. The number of benzene rings is 1. The molecule has 0 spiro atoms. The Morgan fingerprint density at radius 3 is 2.34 bits per heavy atom. The Balaban J connectivity index is 1.39. The number of methoxy groups -OCH3 is 1. The van der Waals surface area contributed by atoms with Crippen molar-refractivity contribution in [3.63, 3.8) is 0 Å². The molecule has 2 fully saturated rings. The molecule has 29 heavy (non-hydrogen) atoms. The lowest BCUT2D eigenvalue weighted by atomic mass is 10.00. The van der Waals surface area contributed by atoms with Crippen LogP contribution in [0.25, 0.3) is 0 Å². The molecule has 2 aromatic rings. The van der Waals surface area contributed by atoms with Gasteiger partial charge >= 0.3 is 0 Å². The molecule has 154 valence electrons. The van der Waals surface area contributed by atoms with Gasteiger partial charge in [0, 0.05) is 51.2 Å². The van der Waals surface area contributed by atoms with E-state index >= 15 is 0 Å². The van der Waals surface area contributed by atoms with Gasteiger partial charge in [-0.05, 0) is 49.1 Å². The number of carbonyl (C=O) groups excluding carboxylic acids is 1. The van der Waals surface area contributed by atoms with Gasteiger partial charge in [-0.2, -0.15) is 0 Å². The van der Waals surface area contributed by atoms with E-state index in [1.165, 1.54) is 12.1 Å². The van der Waals surface area contributed by atoms with Crippen LogP contribution >= 0.6 is 0 Å². The van der Waals surface area contributed by atoms with Crippen molar-refractivity contribution in [2.24, 2.45) is 5.92 Å². The van der Waals surface area contributed by atoms with E-state index in [0.29, 0.717) is 11.5 Å². The van der Waals surface area contributed by atoms with Gasteiger partial charge in [0.2, 0.25) is 0 Å². The number of ether oxygens (including phenoxy) is 1. The number of hydrogen-bond donors (Lipinski definition) is 0. The summed E-state index contributed by atoms with van der Waals surface area (Å²) in [4.78, 5) is 24.0. The van der Waals surface area contributed by atoms with Gasteiger partial charge in [-0.3, -0.25) is 9.78 Å². The Labute approximate surface area is 173 Å². The second-order valence-corrected chi connectivity index (χ2v) is 8.10. The maximum Gasteiger partial charge on any atom is 0.255 e. The molecule has 6 heteroatoms. The minimum atomic E-state index is 0.114. The first-order valence-corrected chi connectivity index (χ1v) is 10.5. The minimum absolute atomic E-state index is 0.114. The largest absolute Gasteiger partial charge is 0.497 e. The first-order valence-electron chi connectivity index (χ1n) is 10.5. The summed E-state index contributed by atoms with van der Waals surface area (Å²) in [6.45, 7) is 7.62. The number of likely N-dealkylation sites (tertiary alicyclic amines) is 1. The third-order valence-electron chi connectivity index (χ3n) is 6.00. The van der Waals surface area contributed by atoms with Gasteiger partial charge in [0.25, 0.3) is 5.91 Å². The fraction of sp³-hybridized carbons (Fsp3) is 0.478. The molecule has 0 saturated carbocycles. The van der Waals surface area contributed by atoms with Crippen LogP contribution in [0.3, 0.4) is 0 Å². The topological polar surface area (TPSA) is 48.9 Å². The molecule has 1 aromatic heterocycles. The second kappa shape index (κ2) is 8.72. The molecule has 2 aliphatic heterocycles. The molecule has 1 aromatic carbocycles. The highest BCUT2D eigenvalue weighted by atomic mass is 16.5. The Bertz CT molecular complexity index is 831. The molecule has 4 rings (SSSR count).